The molecule has 1 aliphatic carbocycles. The van der Waals surface area contributed by atoms with Crippen LogP contribution in [0.4, 0.5) is 0 Å². The Balaban J connectivity index is 2.39. The highest BCUT2D eigenvalue weighted by Gasteiger charge is 2.24. The first kappa shape index (κ1) is 20.1. The van der Waals surface area contributed by atoms with Crippen LogP contribution in [0.2, 0.25) is 0 Å². The first-order valence-corrected chi connectivity index (χ1v) is 9.35. The first-order chi connectivity index (χ1) is 11.0. The van der Waals surface area contributed by atoms with E-state index in [0.29, 0.717) is 30.6 Å². The molecule has 2 atom stereocenters. The van der Waals surface area contributed by atoms with Crippen molar-refractivity contribution in [1.29, 1.82) is 0 Å². The van der Waals surface area contributed by atoms with Gasteiger partial charge in [-0.3, -0.25) is 9.59 Å². The molecule has 0 amide bonds. The van der Waals surface area contributed by atoms with Gasteiger partial charge in [0.1, 0.15) is 5.78 Å². The fourth-order valence-electron chi connectivity index (χ4n) is 3.56. The number of hydrogen-bond acceptors (Lipinski definition) is 3. The predicted octanol–water partition coefficient (Wildman–Crippen LogP) is 4.62. The third-order valence-electron chi connectivity index (χ3n) is 5.24. The summed E-state index contributed by atoms with van der Waals surface area (Å²) in [4.78, 5) is 24.0. The lowest BCUT2D eigenvalue weighted by Gasteiger charge is -2.24. The van der Waals surface area contributed by atoms with Gasteiger partial charge in [-0.05, 0) is 56.9 Å². The fraction of sp³-hybridized carbons (Fsp3) is 0.800. The maximum Gasteiger partial charge on any atom is 0.157 e. The van der Waals surface area contributed by atoms with Crippen molar-refractivity contribution in [2.45, 2.75) is 90.6 Å². The maximum atomic E-state index is 12.3. The molecule has 132 valence electrons. The summed E-state index contributed by atoms with van der Waals surface area (Å²) in [6.45, 7) is 7.38. The molecular weight excluding hydrogens is 288 g/mol. The number of carbonyl (C=O) groups is 2. The van der Waals surface area contributed by atoms with Crippen LogP contribution in [0.5, 0.6) is 0 Å². The monoisotopic (exact) mass is 322 g/mol. The molecule has 3 nitrogen and oxygen atoms in total. The van der Waals surface area contributed by atoms with E-state index >= 15 is 0 Å². The summed E-state index contributed by atoms with van der Waals surface area (Å²) in [5.41, 5.74) is 0.602. The van der Waals surface area contributed by atoms with Gasteiger partial charge in [-0.25, -0.2) is 0 Å². The largest absolute Gasteiger partial charge is 0.393 e. The van der Waals surface area contributed by atoms with E-state index in [4.69, 9.17) is 0 Å². The highest BCUT2D eigenvalue weighted by molar-refractivity contribution is 5.93. The van der Waals surface area contributed by atoms with Crippen molar-refractivity contribution in [2.75, 3.05) is 0 Å². The highest BCUT2D eigenvalue weighted by Crippen LogP contribution is 2.28. The second-order valence-electron chi connectivity index (χ2n) is 7.17. The summed E-state index contributed by atoms with van der Waals surface area (Å²) in [5, 5.41) is 10.2. The Bertz CT molecular complexity index is 394. The molecule has 0 heterocycles. The zero-order valence-corrected chi connectivity index (χ0v) is 15.0. The molecule has 0 spiro atoms. The second-order valence-corrected chi connectivity index (χ2v) is 7.17. The zero-order chi connectivity index (χ0) is 17.2. The molecule has 1 saturated carbocycles. The molecule has 0 aromatic rings. The Morgan fingerprint density at radius 1 is 1.13 bits per heavy atom. The third kappa shape index (κ3) is 7.43. The lowest BCUT2D eigenvalue weighted by Crippen LogP contribution is -2.23. The van der Waals surface area contributed by atoms with Crippen LogP contribution in [0.1, 0.15) is 84.5 Å². The molecule has 0 aromatic carbocycles. The van der Waals surface area contributed by atoms with E-state index in [2.05, 4.69) is 6.58 Å². The van der Waals surface area contributed by atoms with Crippen molar-refractivity contribution in [2.24, 2.45) is 11.8 Å². The minimum Gasteiger partial charge on any atom is -0.393 e. The molecular formula is C20H34O3. The van der Waals surface area contributed by atoms with Gasteiger partial charge in [-0.2, -0.15) is 0 Å². The van der Waals surface area contributed by atoms with Crippen LogP contribution in [0, 0.1) is 11.8 Å². The van der Waals surface area contributed by atoms with Crippen molar-refractivity contribution in [1.82, 2.24) is 0 Å². The van der Waals surface area contributed by atoms with Gasteiger partial charge >= 0.3 is 0 Å². The molecule has 1 rings (SSSR count). The Labute approximate surface area is 141 Å². The molecule has 1 fully saturated rings. The summed E-state index contributed by atoms with van der Waals surface area (Å²) in [7, 11) is 0. The van der Waals surface area contributed by atoms with Gasteiger partial charge in [0.2, 0.25) is 0 Å². The van der Waals surface area contributed by atoms with Gasteiger partial charge in [0.15, 0.2) is 5.78 Å². The van der Waals surface area contributed by atoms with Crippen LogP contribution in [0.3, 0.4) is 0 Å². The average Bonchev–Trinajstić information content (AvgIpc) is 2.57. The van der Waals surface area contributed by atoms with E-state index in [1.165, 1.54) is 19.3 Å². The number of hydrogen-bond donors (Lipinski definition) is 1. The smallest absolute Gasteiger partial charge is 0.157 e. The van der Waals surface area contributed by atoms with Crippen molar-refractivity contribution >= 4 is 11.6 Å². The second kappa shape index (κ2) is 10.7. The fourth-order valence-corrected chi connectivity index (χ4v) is 3.56. The topological polar surface area (TPSA) is 54.4 Å². The van der Waals surface area contributed by atoms with E-state index in [0.717, 1.165) is 32.1 Å². The summed E-state index contributed by atoms with van der Waals surface area (Å²) < 4.78 is 0. The Morgan fingerprint density at radius 2 is 1.78 bits per heavy atom. The molecule has 1 N–H and O–H groups in total. The standard InChI is InChI=1S/C20H34O3/c1-4-18(21)17(11-8-12-19(22)15(2)3)13-14-20(23)16-9-6-5-7-10-16/h16-18,21H,2,4-14H2,1,3H3. The molecule has 0 aromatic heterocycles. The summed E-state index contributed by atoms with van der Waals surface area (Å²) in [6.07, 6.45) is 9.48. The quantitative estimate of drug-likeness (QED) is 0.565. The van der Waals surface area contributed by atoms with Gasteiger partial charge in [0, 0.05) is 18.8 Å². The molecule has 0 radical (unpaired) electrons. The number of allylic oxidation sites excluding steroid dienone is 1. The van der Waals surface area contributed by atoms with Crippen LogP contribution in [-0.4, -0.2) is 22.8 Å². The minimum absolute atomic E-state index is 0.105. The van der Waals surface area contributed by atoms with E-state index in [1.807, 2.05) is 6.92 Å². The Morgan fingerprint density at radius 3 is 2.35 bits per heavy atom. The van der Waals surface area contributed by atoms with Crippen molar-refractivity contribution in [3.63, 3.8) is 0 Å². The molecule has 3 heteroatoms. The van der Waals surface area contributed by atoms with E-state index in [-0.39, 0.29) is 23.7 Å². The van der Waals surface area contributed by atoms with Crippen LogP contribution in [0.25, 0.3) is 0 Å². The number of aliphatic hydroxyl groups excluding tert-OH is 1. The molecule has 23 heavy (non-hydrogen) atoms. The molecule has 0 bridgehead atoms. The van der Waals surface area contributed by atoms with Gasteiger partial charge in [-0.1, -0.05) is 32.8 Å². The minimum atomic E-state index is -0.367. The zero-order valence-electron chi connectivity index (χ0n) is 15.0. The van der Waals surface area contributed by atoms with Crippen molar-refractivity contribution in [3.8, 4) is 0 Å². The van der Waals surface area contributed by atoms with Crippen molar-refractivity contribution in [3.05, 3.63) is 12.2 Å². The van der Waals surface area contributed by atoms with E-state index < -0.39 is 0 Å². The van der Waals surface area contributed by atoms with Crippen LogP contribution < -0.4 is 0 Å². The van der Waals surface area contributed by atoms with Gasteiger partial charge in [0.05, 0.1) is 6.10 Å². The van der Waals surface area contributed by atoms with Gasteiger partial charge in [0.25, 0.3) is 0 Å². The maximum absolute atomic E-state index is 12.3. The summed E-state index contributed by atoms with van der Waals surface area (Å²) >= 11 is 0. The normalized spacial score (nSPS) is 18.4. The highest BCUT2D eigenvalue weighted by atomic mass is 16.3. The average molecular weight is 322 g/mol. The molecule has 1 aliphatic rings. The predicted molar refractivity (Wildman–Crippen MR) is 94.3 cm³/mol. The van der Waals surface area contributed by atoms with E-state index in [1.54, 1.807) is 6.92 Å². The molecule has 0 saturated heterocycles. The van der Waals surface area contributed by atoms with Crippen LogP contribution in [-0.2, 0) is 9.59 Å². The lowest BCUT2D eigenvalue weighted by atomic mass is 9.82. The number of aliphatic hydroxyl groups is 1. The number of carbonyl (C=O) groups excluding carboxylic acids is 2. The number of Topliss-reactive ketones (excluding diaryl/α,β-unsaturated/α-hetero) is 2. The summed E-state index contributed by atoms with van der Waals surface area (Å²) in [5.74, 6) is 0.877. The van der Waals surface area contributed by atoms with Gasteiger partial charge in [-0.15, -0.1) is 0 Å². The lowest BCUT2D eigenvalue weighted by molar-refractivity contribution is -0.124. The van der Waals surface area contributed by atoms with Crippen LogP contribution in [0.15, 0.2) is 12.2 Å². The van der Waals surface area contributed by atoms with Crippen LogP contribution >= 0.6 is 0 Å². The van der Waals surface area contributed by atoms with E-state index in [9.17, 15) is 14.7 Å². The Kier molecular flexibility index (Phi) is 9.39. The molecule has 0 aliphatic heterocycles. The third-order valence-corrected chi connectivity index (χ3v) is 5.24. The summed E-state index contributed by atoms with van der Waals surface area (Å²) in [6, 6.07) is 0. The number of rotatable bonds is 11. The Hall–Kier alpha value is -0.960. The molecule has 2 unspecified atom stereocenters. The van der Waals surface area contributed by atoms with Crippen molar-refractivity contribution < 1.29 is 14.7 Å². The first-order valence-electron chi connectivity index (χ1n) is 9.35. The van der Waals surface area contributed by atoms with Gasteiger partial charge < -0.3 is 5.11 Å². The number of ketones is 2. The SMILES string of the molecule is C=C(C)C(=O)CCCC(CCC(=O)C1CCCCC1)C(O)CC.